The molecule has 2 aromatic rings. The molecule has 0 saturated heterocycles. The fourth-order valence-corrected chi connectivity index (χ4v) is 2.22. The highest BCUT2D eigenvalue weighted by Gasteiger charge is 2.14. The SMILES string of the molecule is COc1cc(/C=N/NC(=O)c2ccc([N+](=O)[O-])c(C)c2)cc(OC)c1O. The first kappa shape index (κ1) is 18.7. The molecule has 0 unspecified atom stereocenters. The van der Waals surface area contributed by atoms with Crippen LogP contribution in [0, 0.1) is 17.0 Å². The molecule has 9 heteroatoms. The van der Waals surface area contributed by atoms with Crippen LogP contribution in [0.2, 0.25) is 0 Å². The normalized spacial score (nSPS) is 10.6. The molecule has 0 saturated carbocycles. The number of benzene rings is 2. The number of nitrogens with one attached hydrogen (secondary N) is 1. The highest BCUT2D eigenvalue weighted by atomic mass is 16.6. The third kappa shape index (κ3) is 4.07. The Morgan fingerprint density at radius 3 is 2.35 bits per heavy atom. The molecule has 136 valence electrons. The maximum absolute atomic E-state index is 12.1. The second-order valence-corrected chi connectivity index (χ2v) is 5.23. The van der Waals surface area contributed by atoms with Gasteiger partial charge in [0.05, 0.1) is 25.4 Å². The number of phenolic OH excluding ortho intramolecular Hbond substituents is 1. The van der Waals surface area contributed by atoms with E-state index in [0.717, 1.165) is 0 Å². The van der Waals surface area contributed by atoms with Crippen molar-refractivity contribution in [1.82, 2.24) is 5.43 Å². The lowest BCUT2D eigenvalue weighted by atomic mass is 10.1. The Bertz CT molecular complexity index is 854. The predicted octanol–water partition coefficient (Wildman–Crippen LogP) is 2.39. The van der Waals surface area contributed by atoms with Crippen molar-refractivity contribution in [3.05, 3.63) is 57.1 Å². The van der Waals surface area contributed by atoms with Crippen molar-refractivity contribution in [2.75, 3.05) is 14.2 Å². The van der Waals surface area contributed by atoms with Crippen LogP contribution in [-0.2, 0) is 0 Å². The summed E-state index contributed by atoms with van der Waals surface area (Å²) in [4.78, 5) is 22.4. The first-order valence-electron chi connectivity index (χ1n) is 7.40. The zero-order chi connectivity index (χ0) is 19.3. The first-order chi connectivity index (χ1) is 12.4. The standard InChI is InChI=1S/C17H17N3O6/c1-10-6-12(4-5-13(10)20(23)24)17(22)19-18-9-11-7-14(25-2)16(21)15(8-11)26-3/h4-9,21H,1-3H3,(H,19,22)/b18-9+. The predicted molar refractivity (Wildman–Crippen MR) is 94.1 cm³/mol. The molecule has 0 aliphatic rings. The van der Waals surface area contributed by atoms with E-state index in [-0.39, 0.29) is 28.5 Å². The number of nitro benzene ring substituents is 1. The topological polar surface area (TPSA) is 123 Å². The molecule has 0 bridgehead atoms. The summed E-state index contributed by atoms with van der Waals surface area (Å²) in [6, 6.07) is 7.06. The molecule has 2 rings (SSSR count). The van der Waals surface area contributed by atoms with Crippen molar-refractivity contribution in [3.63, 3.8) is 0 Å². The van der Waals surface area contributed by atoms with Crippen LogP contribution in [0.1, 0.15) is 21.5 Å². The van der Waals surface area contributed by atoms with Gasteiger partial charge in [0, 0.05) is 22.8 Å². The van der Waals surface area contributed by atoms with Crippen LogP contribution in [0.25, 0.3) is 0 Å². The lowest BCUT2D eigenvalue weighted by Crippen LogP contribution is -2.17. The highest BCUT2D eigenvalue weighted by molar-refractivity contribution is 5.95. The Balaban J connectivity index is 2.14. The zero-order valence-electron chi connectivity index (χ0n) is 14.3. The van der Waals surface area contributed by atoms with Crippen molar-refractivity contribution >= 4 is 17.8 Å². The molecule has 2 N–H and O–H groups in total. The van der Waals surface area contributed by atoms with Gasteiger partial charge in [-0.1, -0.05) is 0 Å². The number of methoxy groups -OCH3 is 2. The van der Waals surface area contributed by atoms with E-state index >= 15 is 0 Å². The third-order valence-electron chi connectivity index (χ3n) is 3.54. The smallest absolute Gasteiger partial charge is 0.272 e. The van der Waals surface area contributed by atoms with Crippen LogP contribution in [0.15, 0.2) is 35.4 Å². The molecular formula is C17H17N3O6. The summed E-state index contributed by atoms with van der Waals surface area (Å²) in [5.74, 6) is -0.263. The number of rotatable bonds is 6. The van der Waals surface area contributed by atoms with Gasteiger partial charge < -0.3 is 14.6 Å². The van der Waals surface area contributed by atoms with E-state index in [1.165, 1.54) is 50.8 Å². The zero-order valence-corrected chi connectivity index (χ0v) is 14.3. The van der Waals surface area contributed by atoms with Crippen molar-refractivity contribution in [2.45, 2.75) is 6.92 Å². The molecule has 0 radical (unpaired) electrons. The average molecular weight is 359 g/mol. The summed E-state index contributed by atoms with van der Waals surface area (Å²) in [5, 5.41) is 24.5. The molecule has 0 fully saturated rings. The van der Waals surface area contributed by atoms with Crippen LogP contribution in [-0.4, -0.2) is 36.4 Å². The minimum Gasteiger partial charge on any atom is -0.502 e. The number of carbonyl (C=O) groups is 1. The van der Waals surface area contributed by atoms with Gasteiger partial charge in [-0.15, -0.1) is 0 Å². The fraction of sp³-hybridized carbons (Fsp3) is 0.176. The maximum Gasteiger partial charge on any atom is 0.272 e. The van der Waals surface area contributed by atoms with Crippen LogP contribution in [0.4, 0.5) is 5.69 Å². The van der Waals surface area contributed by atoms with Gasteiger partial charge in [0.1, 0.15) is 0 Å². The van der Waals surface area contributed by atoms with Gasteiger partial charge in [0.2, 0.25) is 5.75 Å². The van der Waals surface area contributed by atoms with Crippen molar-refractivity contribution in [3.8, 4) is 17.2 Å². The Hall–Kier alpha value is -3.62. The number of hydrogen-bond acceptors (Lipinski definition) is 7. The lowest BCUT2D eigenvalue weighted by molar-refractivity contribution is -0.385. The number of ether oxygens (including phenoxy) is 2. The molecular weight excluding hydrogens is 342 g/mol. The van der Waals surface area contributed by atoms with Crippen LogP contribution in [0.3, 0.4) is 0 Å². The molecule has 26 heavy (non-hydrogen) atoms. The largest absolute Gasteiger partial charge is 0.502 e. The van der Waals surface area contributed by atoms with E-state index in [9.17, 15) is 20.0 Å². The summed E-state index contributed by atoms with van der Waals surface area (Å²) < 4.78 is 10.1. The number of phenols is 1. The highest BCUT2D eigenvalue weighted by Crippen LogP contribution is 2.36. The van der Waals surface area contributed by atoms with Gasteiger partial charge in [0.25, 0.3) is 11.6 Å². The summed E-state index contributed by atoms with van der Waals surface area (Å²) in [6.45, 7) is 1.55. The van der Waals surface area contributed by atoms with Gasteiger partial charge in [-0.2, -0.15) is 5.10 Å². The molecule has 0 spiro atoms. The minimum atomic E-state index is -0.517. The van der Waals surface area contributed by atoms with E-state index < -0.39 is 10.8 Å². The van der Waals surface area contributed by atoms with Gasteiger partial charge in [-0.25, -0.2) is 5.43 Å². The van der Waals surface area contributed by atoms with E-state index in [4.69, 9.17) is 9.47 Å². The number of amides is 1. The number of aryl methyl sites for hydroxylation is 1. The maximum atomic E-state index is 12.1. The third-order valence-corrected chi connectivity index (χ3v) is 3.54. The Morgan fingerprint density at radius 2 is 1.85 bits per heavy atom. The van der Waals surface area contributed by atoms with Crippen LogP contribution < -0.4 is 14.9 Å². The molecule has 0 atom stereocenters. The number of hydrogen-bond donors (Lipinski definition) is 2. The molecule has 0 heterocycles. The van der Waals surface area contributed by atoms with Crippen LogP contribution >= 0.6 is 0 Å². The average Bonchev–Trinajstić information content (AvgIpc) is 2.62. The fourth-order valence-electron chi connectivity index (χ4n) is 2.22. The summed E-state index contributed by atoms with van der Waals surface area (Å²) in [6.07, 6.45) is 1.35. The van der Waals surface area contributed by atoms with E-state index in [0.29, 0.717) is 11.1 Å². The monoisotopic (exact) mass is 359 g/mol. The molecule has 2 aromatic carbocycles. The number of carbonyl (C=O) groups excluding carboxylic acids is 1. The van der Waals surface area contributed by atoms with E-state index in [1.807, 2.05) is 0 Å². The van der Waals surface area contributed by atoms with Crippen molar-refractivity contribution in [1.29, 1.82) is 0 Å². The number of nitro groups is 1. The quantitative estimate of drug-likeness (QED) is 0.464. The number of aromatic hydroxyl groups is 1. The minimum absolute atomic E-state index is 0.0617. The lowest BCUT2D eigenvalue weighted by Gasteiger charge is -2.09. The molecule has 1 amide bonds. The molecule has 0 aliphatic carbocycles. The summed E-state index contributed by atoms with van der Waals surface area (Å²) in [5.41, 5.74) is 3.41. The van der Waals surface area contributed by atoms with Gasteiger partial charge in [-0.3, -0.25) is 14.9 Å². The van der Waals surface area contributed by atoms with Gasteiger partial charge >= 0.3 is 0 Å². The molecule has 0 aliphatic heterocycles. The Kier molecular flexibility index (Phi) is 5.74. The first-order valence-corrected chi connectivity index (χ1v) is 7.40. The van der Waals surface area contributed by atoms with E-state index in [1.54, 1.807) is 6.92 Å². The Morgan fingerprint density at radius 1 is 1.23 bits per heavy atom. The summed E-state index contributed by atoms with van der Waals surface area (Å²) >= 11 is 0. The van der Waals surface area contributed by atoms with Crippen molar-refractivity contribution in [2.24, 2.45) is 5.10 Å². The van der Waals surface area contributed by atoms with Crippen molar-refractivity contribution < 1.29 is 24.3 Å². The molecule has 9 nitrogen and oxygen atoms in total. The number of hydrazone groups is 1. The second kappa shape index (κ2) is 7.97. The van der Waals surface area contributed by atoms with E-state index in [2.05, 4.69) is 10.5 Å². The Labute approximate surface area is 149 Å². The van der Waals surface area contributed by atoms with Gasteiger partial charge in [0.15, 0.2) is 11.5 Å². The van der Waals surface area contributed by atoms with Crippen LogP contribution in [0.5, 0.6) is 17.2 Å². The molecule has 0 aromatic heterocycles. The van der Waals surface area contributed by atoms with Gasteiger partial charge in [-0.05, 0) is 31.2 Å². The second-order valence-electron chi connectivity index (χ2n) is 5.23. The summed E-state index contributed by atoms with van der Waals surface area (Å²) in [7, 11) is 2.79. The number of nitrogens with zero attached hydrogens (tertiary/aromatic N) is 2.